The van der Waals surface area contributed by atoms with E-state index in [0.29, 0.717) is 0 Å². The predicted molar refractivity (Wildman–Crippen MR) is 117 cm³/mol. The van der Waals surface area contributed by atoms with Crippen molar-refractivity contribution in [1.29, 1.82) is 0 Å². The maximum Gasteiger partial charge on any atom is 0.0715 e. The highest BCUT2D eigenvalue weighted by atomic mass is 14.7. The number of hydrogen-bond donors (Lipinski definition) is 0. The Labute approximate surface area is 162 Å². The van der Waals surface area contributed by atoms with Gasteiger partial charge in [0.05, 0.1) is 11.4 Å². The quantitative estimate of drug-likeness (QED) is 0.374. The van der Waals surface area contributed by atoms with E-state index in [1.165, 1.54) is 16.7 Å². The van der Waals surface area contributed by atoms with Crippen molar-refractivity contribution in [2.75, 3.05) is 0 Å². The lowest BCUT2D eigenvalue weighted by Gasteiger charge is -2.10. The van der Waals surface area contributed by atoms with Crippen LogP contribution in [0.4, 0.5) is 0 Å². The van der Waals surface area contributed by atoms with Gasteiger partial charge in [-0.2, -0.15) is 0 Å². The van der Waals surface area contributed by atoms with Gasteiger partial charge in [0.15, 0.2) is 0 Å². The summed E-state index contributed by atoms with van der Waals surface area (Å²) in [5.41, 5.74) is 7.94. The second kappa shape index (κ2) is 8.95. The fourth-order valence-electron chi connectivity index (χ4n) is 3.04. The van der Waals surface area contributed by atoms with E-state index >= 15 is 0 Å². The average molecular weight is 351 g/mol. The summed E-state index contributed by atoms with van der Waals surface area (Å²) in [5, 5.41) is 0. The number of aromatic nitrogens is 1. The second-order valence-electron chi connectivity index (χ2n) is 6.23. The van der Waals surface area contributed by atoms with Gasteiger partial charge in [-0.15, -0.1) is 0 Å². The Hall–Kier alpha value is -3.19. The molecule has 1 nitrogen and oxygen atoms in total. The first-order valence-corrected chi connectivity index (χ1v) is 9.49. The number of pyridine rings is 1. The number of nitrogens with zero attached hydrogens (tertiary/aromatic N) is 1. The molecular formula is C26H25N. The van der Waals surface area contributed by atoms with Gasteiger partial charge in [-0.1, -0.05) is 104 Å². The first kappa shape index (κ1) is 18.6. The lowest BCUT2D eigenvalue weighted by atomic mass is 9.99. The van der Waals surface area contributed by atoms with Crippen LogP contribution in [-0.4, -0.2) is 4.98 Å². The average Bonchev–Trinajstić information content (AvgIpc) is 2.76. The fourth-order valence-corrected chi connectivity index (χ4v) is 3.04. The highest BCUT2D eigenvalue weighted by Crippen LogP contribution is 2.30. The molecule has 0 spiro atoms. The Bertz CT molecular complexity index is 931. The summed E-state index contributed by atoms with van der Waals surface area (Å²) in [5.74, 6) is 0. The van der Waals surface area contributed by atoms with E-state index in [9.17, 15) is 0 Å². The molecule has 4 aromatic rings. The Morgan fingerprint density at radius 2 is 0.963 bits per heavy atom. The molecule has 0 fully saturated rings. The molecule has 0 radical (unpaired) electrons. The van der Waals surface area contributed by atoms with E-state index in [4.69, 9.17) is 4.98 Å². The van der Waals surface area contributed by atoms with Crippen LogP contribution in [0.25, 0.3) is 33.6 Å². The van der Waals surface area contributed by atoms with Crippen LogP contribution in [0.2, 0.25) is 0 Å². The van der Waals surface area contributed by atoms with Crippen molar-refractivity contribution in [3.05, 3.63) is 103 Å². The maximum atomic E-state index is 4.92. The topological polar surface area (TPSA) is 12.9 Å². The van der Waals surface area contributed by atoms with Gasteiger partial charge in [-0.25, -0.2) is 4.98 Å². The molecule has 0 bridgehead atoms. The monoisotopic (exact) mass is 351 g/mol. The molecule has 0 aliphatic carbocycles. The molecule has 0 amide bonds. The van der Waals surface area contributed by atoms with Gasteiger partial charge in [0.1, 0.15) is 0 Å². The lowest BCUT2D eigenvalue weighted by molar-refractivity contribution is 1.32. The molecule has 0 saturated heterocycles. The smallest absolute Gasteiger partial charge is 0.0715 e. The van der Waals surface area contributed by atoms with Gasteiger partial charge in [0, 0.05) is 11.1 Å². The lowest BCUT2D eigenvalue weighted by Crippen LogP contribution is -1.91. The summed E-state index contributed by atoms with van der Waals surface area (Å²) in [7, 11) is 0. The second-order valence-corrected chi connectivity index (χ2v) is 6.23. The van der Waals surface area contributed by atoms with Crippen molar-refractivity contribution in [2.24, 2.45) is 0 Å². The van der Waals surface area contributed by atoms with E-state index in [2.05, 4.69) is 91.9 Å². The largest absolute Gasteiger partial charge is 0.248 e. The summed E-state index contributed by atoms with van der Waals surface area (Å²) >= 11 is 0. The Morgan fingerprint density at radius 3 is 1.44 bits per heavy atom. The Kier molecular flexibility index (Phi) is 6.17. The number of rotatable bonds is 3. The molecule has 0 atom stereocenters. The van der Waals surface area contributed by atoms with Gasteiger partial charge >= 0.3 is 0 Å². The van der Waals surface area contributed by atoms with Crippen molar-refractivity contribution in [1.82, 2.24) is 4.98 Å². The van der Waals surface area contributed by atoms with Gasteiger partial charge in [-0.05, 0) is 30.2 Å². The van der Waals surface area contributed by atoms with Gasteiger partial charge < -0.3 is 0 Å². The normalized spacial score (nSPS) is 10.0. The van der Waals surface area contributed by atoms with Crippen LogP contribution in [0.15, 0.2) is 97.1 Å². The van der Waals surface area contributed by atoms with E-state index in [0.717, 1.165) is 22.5 Å². The van der Waals surface area contributed by atoms with Gasteiger partial charge in [-0.3, -0.25) is 0 Å². The summed E-state index contributed by atoms with van der Waals surface area (Å²) < 4.78 is 0. The molecule has 27 heavy (non-hydrogen) atoms. The SMILES string of the molecule is CC.Cc1cccc(-c2cc(-c3ccccc3)nc(-c3ccccc3)c2)c1. The zero-order chi connectivity index (χ0) is 19.1. The molecule has 0 aliphatic rings. The van der Waals surface area contributed by atoms with Crippen molar-refractivity contribution >= 4 is 0 Å². The fraction of sp³-hybridized carbons (Fsp3) is 0.115. The first-order chi connectivity index (χ1) is 13.3. The minimum Gasteiger partial charge on any atom is -0.248 e. The molecule has 0 N–H and O–H groups in total. The van der Waals surface area contributed by atoms with Crippen molar-refractivity contribution in [2.45, 2.75) is 20.8 Å². The summed E-state index contributed by atoms with van der Waals surface area (Å²) in [6, 6.07) is 33.7. The summed E-state index contributed by atoms with van der Waals surface area (Å²) in [4.78, 5) is 4.92. The Morgan fingerprint density at radius 1 is 0.481 bits per heavy atom. The molecule has 1 heterocycles. The van der Waals surface area contributed by atoms with Crippen molar-refractivity contribution in [3.8, 4) is 33.6 Å². The summed E-state index contributed by atoms with van der Waals surface area (Å²) in [6.07, 6.45) is 0. The molecule has 3 aromatic carbocycles. The number of aryl methyl sites for hydroxylation is 1. The standard InChI is InChI=1S/C24H19N.C2H6/c1-18-9-8-14-21(15-18)22-16-23(19-10-4-2-5-11-19)25-24(17-22)20-12-6-3-7-13-20;1-2/h2-17H,1H3;1-2H3. The maximum absolute atomic E-state index is 4.92. The van der Waals surface area contributed by atoms with Crippen molar-refractivity contribution < 1.29 is 0 Å². The van der Waals surface area contributed by atoms with Crippen LogP contribution in [-0.2, 0) is 0 Å². The summed E-state index contributed by atoms with van der Waals surface area (Å²) in [6.45, 7) is 6.13. The highest BCUT2D eigenvalue weighted by Gasteiger charge is 2.08. The molecular weight excluding hydrogens is 326 g/mol. The molecule has 0 saturated carbocycles. The number of benzene rings is 3. The molecule has 1 heteroatoms. The molecule has 0 aliphatic heterocycles. The minimum atomic E-state index is 0.999. The van der Waals surface area contributed by atoms with Crippen LogP contribution in [0.3, 0.4) is 0 Å². The van der Waals surface area contributed by atoms with Crippen LogP contribution in [0, 0.1) is 6.92 Å². The molecule has 1 aromatic heterocycles. The van der Waals surface area contributed by atoms with Crippen LogP contribution >= 0.6 is 0 Å². The third kappa shape index (κ3) is 4.51. The van der Waals surface area contributed by atoms with E-state index in [1.54, 1.807) is 0 Å². The zero-order valence-electron chi connectivity index (χ0n) is 16.2. The van der Waals surface area contributed by atoms with Crippen LogP contribution in [0.5, 0.6) is 0 Å². The Balaban J connectivity index is 0.00000102. The third-order valence-corrected chi connectivity index (χ3v) is 4.32. The molecule has 134 valence electrons. The van der Waals surface area contributed by atoms with Crippen molar-refractivity contribution in [3.63, 3.8) is 0 Å². The van der Waals surface area contributed by atoms with E-state index in [-0.39, 0.29) is 0 Å². The minimum absolute atomic E-state index is 0.999. The van der Waals surface area contributed by atoms with Crippen LogP contribution in [0.1, 0.15) is 19.4 Å². The predicted octanol–water partition coefficient (Wildman–Crippen LogP) is 7.42. The third-order valence-electron chi connectivity index (χ3n) is 4.32. The van der Waals surface area contributed by atoms with Gasteiger partial charge in [0.2, 0.25) is 0 Å². The van der Waals surface area contributed by atoms with E-state index < -0.39 is 0 Å². The zero-order valence-corrected chi connectivity index (χ0v) is 16.2. The number of hydrogen-bond acceptors (Lipinski definition) is 1. The highest BCUT2D eigenvalue weighted by molar-refractivity contribution is 5.76. The molecule has 0 unspecified atom stereocenters. The van der Waals surface area contributed by atoms with E-state index in [1.807, 2.05) is 26.0 Å². The first-order valence-electron chi connectivity index (χ1n) is 9.49. The molecule has 4 rings (SSSR count). The van der Waals surface area contributed by atoms with Gasteiger partial charge in [0.25, 0.3) is 0 Å². The van der Waals surface area contributed by atoms with Crippen LogP contribution < -0.4 is 0 Å².